The fraction of sp³-hybridized carbons (Fsp3) is 0.778. The van der Waals surface area contributed by atoms with Crippen LogP contribution in [0.15, 0.2) is 5.16 Å². The summed E-state index contributed by atoms with van der Waals surface area (Å²) in [6.07, 6.45) is -0.0376. The monoisotopic (exact) mass is 201 g/mol. The molecule has 0 aliphatic heterocycles. The highest BCUT2D eigenvalue weighted by Crippen LogP contribution is 2.08. The Balaban J connectivity index is 4.26. The van der Waals surface area contributed by atoms with Gasteiger partial charge in [-0.25, -0.2) is 0 Å². The Morgan fingerprint density at radius 1 is 1.50 bits per heavy atom. The zero-order valence-electron chi connectivity index (χ0n) is 9.19. The maximum Gasteiger partial charge on any atom is 0.230 e. The Hall–Kier alpha value is -1.26. The van der Waals surface area contributed by atoms with Gasteiger partial charge in [0.2, 0.25) is 5.91 Å². The minimum atomic E-state index is -0.137. The van der Waals surface area contributed by atoms with E-state index in [1.807, 2.05) is 20.8 Å². The average molecular weight is 201 g/mol. The molecule has 0 saturated heterocycles. The molecule has 0 saturated carbocycles. The molecule has 1 amide bonds. The van der Waals surface area contributed by atoms with Gasteiger partial charge in [-0.05, 0) is 12.8 Å². The second kappa shape index (κ2) is 5.47. The number of oxime groups is 1. The summed E-state index contributed by atoms with van der Waals surface area (Å²) in [7, 11) is 1.72. The Labute approximate surface area is 84.6 Å². The van der Waals surface area contributed by atoms with Crippen molar-refractivity contribution in [2.75, 3.05) is 7.05 Å². The fourth-order valence-corrected chi connectivity index (χ4v) is 0.989. The van der Waals surface area contributed by atoms with Crippen molar-refractivity contribution in [3.05, 3.63) is 0 Å². The topological polar surface area (TPSA) is 78.9 Å². The first-order chi connectivity index (χ1) is 6.40. The lowest BCUT2D eigenvalue weighted by Crippen LogP contribution is -2.39. The van der Waals surface area contributed by atoms with Crippen LogP contribution < -0.4 is 5.73 Å². The van der Waals surface area contributed by atoms with Crippen LogP contribution in [-0.2, 0) is 4.79 Å². The number of amidine groups is 1. The number of carbonyl (C=O) groups excluding carboxylic acids is 1. The molecule has 0 spiro atoms. The predicted molar refractivity (Wildman–Crippen MR) is 55.1 cm³/mol. The van der Waals surface area contributed by atoms with Crippen molar-refractivity contribution < 1.29 is 10.0 Å². The third kappa shape index (κ3) is 3.64. The van der Waals surface area contributed by atoms with Crippen molar-refractivity contribution in [1.29, 1.82) is 0 Å². The van der Waals surface area contributed by atoms with Crippen LogP contribution in [0, 0.1) is 5.92 Å². The van der Waals surface area contributed by atoms with Gasteiger partial charge in [-0.3, -0.25) is 4.79 Å². The van der Waals surface area contributed by atoms with Crippen molar-refractivity contribution in [3.63, 3.8) is 0 Å². The summed E-state index contributed by atoms with van der Waals surface area (Å²) in [6.45, 7) is 6.05. The van der Waals surface area contributed by atoms with E-state index >= 15 is 0 Å². The molecular formula is C9H19N3O2. The van der Waals surface area contributed by atoms with Crippen LogP contribution in [0.2, 0.25) is 0 Å². The van der Waals surface area contributed by atoms with E-state index in [0.717, 1.165) is 0 Å². The molecule has 0 radical (unpaired) electrons. The van der Waals surface area contributed by atoms with E-state index < -0.39 is 0 Å². The molecule has 0 aliphatic carbocycles. The highest BCUT2D eigenvalue weighted by atomic mass is 16.4. The Bertz CT molecular complexity index is 226. The van der Waals surface area contributed by atoms with Gasteiger partial charge in [-0.1, -0.05) is 19.0 Å². The highest BCUT2D eigenvalue weighted by molar-refractivity contribution is 5.98. The van der Waals surface area contributed by atoms with Gasteiger partial charge in [0.1, 0.15) is 5.84 Å². The highest BCUT2D eigenvalue weighted by Gasteiger charge is 2.19. The number of hydrogen-bond acceptors (Lipinski definition) is 3. The molecule has 0 aromatic rings. The number of amides is 1. The van der Waals surface area contributed by atoms with Crippen molar-refractivity contribution in [3.8, 4) is 0 Å². The quantitative estimate of drug-likeness (QED) is 0.303. The van der Waals surface area contributed by atoms with E-state index in [2.05, 4.69) is 5.16 Å². The lowest BCUT2D eigenvalue weighted by Gasteiger charge is -2.27. The summed E-state index contributed by atoms with van der Waals surface area (Å²) in [5.41, 5.74) is 5.24. The molecule has 0 aromatic carbocycles. The van der Waals surface area contributed by atoms with Gasteiger partial charge in [0.25, 0.3) is 0 Å². The standard InChI is InChI=1S/C9H19N3O2/c1-6(2)7(3)12(4)9(13)5-8(10)11-14/h6-7,14H,5H2,1-4H3,(H2,10,11). The SMILES string of the molecule is CC(C)C(C)N(C)C(=O)C/C(N)=N/O. The van der Waals surface area contributed by atoms with Crippen molar-refractivity contribution in [1.82, 2.24) is 4.90 Å². The molecule has 14 heavy (non-hydrogen) atoms. The molecule has 0 aliphatic rings. The van der Waals surface area contributed by atoms with Crippen molar-refractivity contribution in [2.24, 2.45) is 16.8 Å². The van der Waals surface area contributed by atoms with Crippen molar-refractivity contribution in [2.45, 2.75) is 33.2 Å². The van der Waals surface area contributed by atoms with Gasteiger partial charge in [-0.15, -0.1) is 0 Å². The molecule has 0 fully saturated rings. The van der Waals surface area contributed by atoms with Crippen LogP contribution in [0.25, 0.3) is 0 Å². The average Bonchev–Trinajstić information content (AvgIpc) is 2.14. The molecule has 5 heteroatoms. The largest absolute Gasteiger partial charge is 0.409 e. The van der Waals surface area contributed by atoms with E-state index in [-0.39, 0.29) is 24.2 Å². The molecule has 5 nitrogen and oxygen atoms in total. The second-order valence-electron chi connectivity index (χ2n) is 3.76. The van der Waals surface area contributed by atoms with Crippen LogP contribution >= 0.6 is 0 Å². The third-order valence-electron chi connectivity index (χ3n) is 2.43. The van der Waals surface area contributed by atoms with Crippen molar-refractivity contribution >= 4 is 11.7 Å². The molecule has 0 heterocycles. The maximum atomic E-state index is 11.5. The van der Waals surface area contributed by atoms with E-state index in [0.29, 0.717) is 5.92 Å². The normalized spacial score (nSPS) is 14.2. The van der Waals surface area contributed by atoms with E-state index in [4.69, 9.17) is 10.9 Å². The first-order valence-electron chi connectivity index (χ1n) is 4.62. The molecule has 1 atom stereocenters. The summed E-state index contributed by atoms with van der Waals surface area (Å²) in [4.78, 5) is 13.1. The number of carbonyl (C=O) groups is 1. The molecule has 0 rings (SSSR count). The Morgan fingerprint density at radius 2 is 2.00 bits per heavy atom. The molecule has 0 bridgehead atoms. The maximum absolute atomic E-state index is 11.5. The number of nitrogens with two attached hydrogens (primary N) is 1. The van der Waals surface area contributed by atoms with Crippen LogP contribution in [0.5, 0.6) is 0 Å². The van der Waals surface area contributed by atoms with E-state index in [9.17, 15) is 4.79 Å². The summed E-state index contributed by atoms with van der Waals surface area (Å²) in [5, 5.41) is 11.1. The molecule has 3 N–H and O–H groups in total. The number of hydrogen-bond donors (Lipinski definition) is 2. The van der Waals surface area contributed by atoms with Gasteiger partial charge < -0.3 is 15.8 Å². The minimum absolute atomic E-state index is 0.0376. The van der Waals surface area contributed by atoms with Crippen LogP contribution in [0.3, 0.4) is 0 Å². The summed E-state index contributed by atoms with van der Waals surface area (Å²) < 4.78 is 0. The van der Waals surface area contributed by atoms with E-state index in [1.54, 1.807) is 11.9 Å². The van der Waals surface area contributed by atoms with Gasteiger partial charge >= 0.3 is 0 Å². The molecular weight excluding hydrogens is 182 g/mol. The first-order valence-corrected chi connectivity index (χ1v) is 4.62. The number of nitrogens with zero attached hydrogens (tertiary/aromatic N) is 2. The fourth-order valence-electron chi connectivity index (χ4n) is 0.989. The Kier molecular flexibility index (Phi) is 4.97. The van der Waals surface area contributed by atoms with Crippen LogP contribution in [0.1, 0.15) is 27.2 Å². The van der Waals surface area contributed by atoms with Gasteiger partial charge in [0, 0.05) is 13.1 Å². The van der Waals surface area contributed by atoms with Gasteiger partial charge in [-0.2, -0.15) is 0 Å². The summed E-state index contributed by atoms with van der Waals surface area (Å²) in [6, 6.07) is 0.147. The lowest BCUT2D eigenvalue weighted by atomic mass is 10.1. The summed E-state index contributed by atoms with van der Waals surface area (Å²) in [5.74, 6) is 0.190. The first kappa shape index (κ1) is 12.7. The van der Waals surface area contributed by atoms with E-state index in [1.165, 1.54) is 0 Å². The number of rotatable bonds is 4. The zero-order valence-corrected chi connectivity index (χ0v) is 9.19. The Morgan fingerprint density at radius 3 is 2.36 bits per heavy atom. The third-order valence-corrected chi connectivity index (χ3v) is 2.43. The summed E-state index contributed by atoms with van der Waals surface area (Å²) >= 11 is 0. The second-order valence-corrected chi connectivity index (χ2v) is 3.76. The minimum Gasteiger partial charge on any atom is -0.409 e. The predicted octanol–water partition coefficient (Wildman–Crippen LogP) is 0.626. The van der Waals surface area contributed by atoms with Crippen LogP contribution in [-0.4, -0.2) is 34.9 Å². The van der Waals surface area contributed by atoms with Gasteiger partial charge in [0.15, 0.2) is 0 Å². The van der Waals surface area contributed by atoms with Crippen LogP contribution in [0.4, 0.5) is 0 Å². The lowest BCUT2D eigenvalue weighted by molar-refractivity contribution is -0.131. The smallest absolute Gasteiger partial charge is 0.230 e. The molecule has 82 valence electrons. The van der Waals surface area contributed by atoms with Gasteiger partial charge in [0.05, 0.1) is 6.42 Å². The zero-order chi connectivity index (χ0) is 11.3. The molecule has 0 aromatic heterocycles. The molecule has 1 unspecified atom stereocenters.